The molecule has 0 saturated heterocycles. The number of carboxylic acids is 1. The van der Waals surface area contributed by atoms with Gasteiger partial charge in [-0.05, 0) is 6.42 Å². The zero-order chi connectivity index (χ0) is 11.1. The molecule has 0 aliphatic heterocycles. The van der Waals surface area contributed by atoms with Crippen LogP contribution in [0.5, 0.6) is 0 Å². The van der Waals surface area contributed by atoms with Gasteiger partial charge in [0, 0.05) is 19.3 Å². The third kappa shape index (κ3) is 4.12. The van der Waals surface area contributed by atoms with Gasteiger partial charge in [0.15, 0.2) is 5.69 Å². The molecule has 1 aromatic rings. The third-order valence-corrected chi connectivity index (χ3v) is 1.99. The van der Waals surface area contributed by atoms with Crippen molar-refractivity contribution in [3.05, 3.63) is 18.2 Å². The second-order valence-corrected chi connectivity index (χ2v) is 3.27. The molecule has 1 heterocycles. The Hall–Kier alpha value is -1.36. The zero-order valence-corrected chi connectivity index (χ0v) is 8.85. The molecule has 0 spiro atoms. The van der Waals surface area contributed by atoms with E-state index >= 15 is 0 Å². The van der Waals surface area contributed by atoms with Crippen LogP contribution in [0.15, 0.2) is 12.5 Å². The van der Waals surface area contributed by atoms with Crippen molar-refractivity contribution in [3.8, 4) is 0 Å². The molecule has 0 aliphatic carbocycles. The van der Waals surface area contributed by atoms with Crippen molar-refractivity contribution >= 4 is 5.97 Å². The maximum absolute atomic E-state index is 10.5. The standard InChI is InChI=1S/C10H16N2O3/c1-2-3-5-15-6-4-12-7-9(10(13)14)11-8-12/h7-8H,2-6H2,1H3,(H,13,14). The summed E-state index contributed by atoms with van der Waals surface area (Å²) < 4.78 is 7.07. The summed E-state index contributed by atoms with van der Waals surface area (Å²) in [6, 6.07) is 0. The Bertz CT molecular complexity index is 309. The van der Waals surface area contributed by atoms with Gasteiger partial charge in [-0.2, -0.15) is 0 Å². The molecule has 0 radical (unpaired) electrons. The number of carbonyl (C=O) groups is 1. The van der Waals surface area contributed by atoms with Gasteiger partial charge >= 0.3 is 5.97 Å². The van der Waals surface area contributed by atoms with E-state index in [1.54, 1.807) is 4.57 Å². The number of carboxylic acid groups (broad SMARTS) is 1. The quantitative estimate of drug-likeness (QED) is 0.694. The van der Waals surface area contributed by atoms with Gasteiger partial charge in [0.2, 0.25) is 0 Å². The van der Waals surface area contributed by atoms with Crippen molar-refractivity contribution in [1.82, 2.24) is 9.55 Å². The molecule has 0 atom stereocenters. The molecule has 1 rings (SSSR count). The average Bonchev–Trinajstić information content (AvgIpc) is 2.66. The first-order valence-corrected chi connectivity index (χ1v) is 5.07. The number of rotatable bonds is 7. The number of imidazole rings is 1. The van der Waals surface area contributed by atoms with E-state index in [1.165, 1.54) is 12.5 Å². The largest absolute Gasteiger partial charge is 0.476 e. The van der Waals surface area contributed by atoms with E-state index in [-0.39, 0.29) is 5.69 Å². The number of ether oxygens (including phenoxy) is 1. The molecule has 0 fully saturated rings. The first-order chi connectivity index (χ1) is 7.24. The lowest BCUT2D eigenvalue weighted by Crippen LogP contribution is -2.05. The number of hydrogen-bond donors (Lipinski definition) is 1. The van der Waals surface area contributed by atoms with Crippen molar-refractivity contribution in [3.63, 3.8) is 0 Å². The van der Waals surface area contributed by atoms with Crippen LogP contribution in [0, 0.1) is 0 Å². The maximum Gasteiger partial charge on any atom is 0.356 e. The highest BCUT2D eigenvalue weighted by Crippen LogP contribution is 1.96. The highest BCUT2D eigenvalue weighted by atomic mass is 16.5. The molecule has 1 N–H and O–H groups in total. The molecule has 0 aromatic carbocycles. The van der Waals surface area contributed by atoms with E-state index in [4.69, 9.17) is 9.84 Å². The Morgan fingerprint density at radius 2 is 2.40 bits per heavy atom. The minimum Gasteiger partial charge on any atom is -0.476 e. The lowest BCUT2D eigenvalue weighted by molar-refractivity contribution is 0.0690. The molecule has 0 unspecified atom stereocenters. The van der Waals surface area contributed by atoms with Crippen LogP contribution in [0.25, 0.3) is 0 Å². The van der Waals surface area contributed by atoms with Crippen LogP contribution in [0.4, 0.5) is 0 Å². The van der Waals surface area contributed by atoms with Gasteiger partial charge in [-0.15, -0.1) is 0 Å². The van der Waals surface area contributed by atoms with E-state index in [1.807, 2.05) is 0 Å². The molecule has 1 aromatic heterocycles. The molecule has 5 heteroatoms. The Balaban J connectivity index is 2.23. The minimum absolute atomic E-state index is 0.0727. The van der Waals surface area contributed by atoms with Crippen LogP contribution in [-0.4, -0.2) is 33.8 Å². The maximum atomic E-state index is 10.5. The predicted molar refractivity (Wildman–Crippen MR) is 54.9 cm³/mol. The highest BCUT2D eigenvalue weighted by Gasteiger charge is 2.05. The Labute approximate surface area is 88.7 Å². The number of nitrogens with zero attached hydrogens (tertiary/aromatic N) is 2. The topological polar surface area (TPSA) is 64.4 Å². The van der Waals surface area contributed by atoms with Gasteiger partial charge in [-0.25, -0.2) is 9.78 Å². The molecule has 0 saturated carbocycles. The normalized spacial score (nSPS) is 10.5. The second kappa shape index (κ2) is 6.19. The summed E-state index contributed by atoms with van der Waals surface area (Å²) in [6.45, 7) is 4.11. The Morgan fingerprint density at radius 3 is 3.00 bits per heavy atom. The van der Waals surface area contributed by atoms with Gasteiger partial charge in [0.25, 0.3) is 0 Å². The first kappa shape index (κ1) is 11.7. The summed E-state index contributed by atoms with van der Waals surface area (Å²) >= 11 is 0. The predicted octanol–water partition coefficient (Wildman–Crippen LogP) is 1.40. The summed E-state index contributed by atoms with van der Waals surface area (Å²) in [6.07, 6.45) is 5.19. The van der Waals surface area contributed by atoms with Gasteiger partial charge in [0.1, 0.15) is 0 Å². The highest BCUT2D eigenvalue weighted by molar-refractivity contribution is 5.84. The van der Waals surface area contributed by atoms with Crippen molar-refractivity contribution < 1.29 is 14.6 Å². The van der Waals surface area contributed by atoms with Gasteiger partial charge < -0.3 is 14.4 Å². The summed E-state index contributed by atoms with van der Waals surface area (Å²) in [5, 5.41) is 8.63. The number of unbranched alkanes of at least 4 members (excludes halogenated alkanes) is 1. The molecular weight excluding hydrogens is 196 g/mol. The average molecular weight is 212 g/mol. The van der Waals surface area contributed by atoms with E-state index < -0.39 is 5.97 Å². The lowest BCUT2D eigenvalue weighted by atomic mass is 10.4. The van der Waals surface area contributed by atoms with E-state index in [9.17, 15) is 4.79 Å². The molecule has 84 valence electrons. The van der Waals surface area contributed by atoms with Crippen molar-refractivity contribution in [2.24, 2.45) is 0 Å². The van der Waals surface area contributed by atoms with Crippen molar-refractivity contribution in [2.45, 2.75) is 26.3 Å². The Kier molecular flexibility index (Phi) is 4.83. The van der Waals surface area contributed by atoms with Gasteiger partial charge in [-0.3, -0.25) is 0 Å². The first-order valence-electron chi connectivity index (χ1n) is 5.07. The molecule has 0 aliphatic rings. The summed E-state index contributed by atoms with van der Waals surface area (Å²) in [5.74, 6) is -0.999. The monoisotopic (exact) mass is 212 g/mol. The van der Waals surface area contributed by atoms with E-state index in [0.717, 1.165) is 19.4 Å². The summed E-state index contributed by atoms with van der Waals surface area (Å²) in [5.41, 5.74) is 0.0727. The fourth-order valence-electron chi connectivity index (χ4n) is 1.11. The van der Waals surface area contributed by atoms with E-state index in [2.05, 4.69) is 11.9 Å². The van der Waals surface area contributed by atoms with Gasteiger partial charge in [0.05, 0.1) is 12.9 Å². The summed E-state index contributed by atoms with van der Waals surface area (Å²) in [4.78, 5) is 14.3. The van der Waals surface area contributed by atoms with E-state index in [0.29, 0.717) is 13.2 Å². The molecule has 0 amide bonds. The Morgan fingerprint density at radius 1 is 1.60 bits per heavy atom. The number of hydrogen-bond acceptors (Lipinski definition) is 3. The van der Waals surface area contributed by atoms with Crippen LogP contribution in [0.3, 0.4) is 0 Å². The lowest BCUT2D eigenvalue weighted by Gasteiger charge is -2.03. The number of aromatic nitrogens is 2. The fraction of sp³-hybridized carbons (Fsp3) is 0.600. The molecule has 5 nitrogen and oxygen atoms in total. The molecular formula is C10H16N2O3. The molecule has 0 bridgehead atoms. The van der Waals surface area contributed by atoms with Gasteiger partial charge in [-0.1, -0.05) is 13.3 Å². The van der Waals surface area contributed by atoms with Crippen LogP contribution in [0.1, 0.15) is 30.3 Å². The SMILES string of the molecule is CCCCOCCn1cnc(C(=O)O)c1. The second-order valence-electron chi connectivity index (χ2n) is 3.27. The van der Waals surface area contributed by atoms with Crippen LogP contribution >= 0.6 is 0 Å². The van der Waals surface area contributed by atoms with Crippen molar-refractivity contribution in [1.29, 1.82) is 0 Å². The smallest absolute Gasteiger partial charge is 0.356 e. The zero-order valence-electron chi connectivity index (χ0n) is 8.85. The fourth-order valence-corrected chi connectivity index (χ4v) is 1.11. The third-order valence-electron chi connectivity index (χ3n) is 1.99. The number of aromatic carboxylic acids is 1. The summed E-state index contributed by atoms with van der Waals surface area (Å²) in [7, 11) is 0. The van der Waals surface area contributed by atoms with Crippen LogP contribution in [-0.2, 0) is 11.3 Å². The molecule has 15 heavy (non-hydrogen) atoms. The minimum atomic E-state index is -0.999. The van der Waals surface area contributed by atoms with Crippen LogP contribution in [0.2, 0.25) is 0 Å². The van der Waals surface area contributed by atoms with Crippen LogP contribution < -0.4 is 0 Å². The van der Waals surface area contributed by atoms with Crippen molar-refractivity contribution in [2.75, 3.05) is 13.2 Å².